The maximum Gasteiger partial charge on any atom is 0.350 e. The molecule has 7 heteroatoms. The van der Waals surface area contributed by atoms with Gasteiger partial charge >= 0.3 is 5.69 Å². The SMILES string of the molecule is Cc1nn2c(=O)[nH]c(SCC#CCO)nc2c1-c1ccccc1. The summed E-state index contributed by atoms with van der Waals surface area (Å²) in [5.41, 5.74) is 2.75. The fraction of sp³-hybridized carbons (Fsp3) is 0.188. The summed E-state index contributed by atoms with van der Waals surface area (Å²) in [7, 11) is 0. The monoisotopic (exact) mass is 326 g/mol. The molecule has 3 aromatic rings. The largest absolute Gasteiger partial charge is 0.384 e. The number of H-pyrrole nitrogens is 1. The lowest BCUT2D eigenvalue weighted by Gasteiger charge is -2.01. The highest BCUT2D eigenvalue weighted by Gasteiger charge is 2.15. The van der Waals surface area contributed by atoms with Gasteiger partial charge in [-0.3, -0.25) is 4.98 Å². The van der Waals surface area contributed by atoms with E-state index in [1.165, 1.54) is 16.3 Å². The van der Waals surface area contributed by atoms with Crippen molar-refractivity contribution in [3.63, 3.8) is 0 Å². The topological polar surface area (TPSA) is 83.3 Å². The van der Waals surface area contributed by atoms with Crippen molar-refractivity contribution in [2.24, 2.45) is 0 Å². The van der Waals surface area contributed by atoms with Gasteiger partial charge in [0.05, 0.1) is 11.4 Å². The Balaban J connectivity index is 2.09. The highest BCUT2D eigenvalue weighted by molar-refractivity contribution is 7.99. The number of hydrogen-bond donors (Lipinski definition) is 2. The number of rotatable bonds is 3. The molecule has 6 nitrogen and oxygen atoms in total. The predicted octanol–water partition coefficient (Wildman–Crippen LogP) is 1.48. The zero-order valence-corrected chi connectivity index (χ0v) is 13.2. The van der Waals surface area contributed by atoms with E-state index in [1.807, 2.05) is 37.3 Å². The molecule has 0 aliphatic rings. The maximum atomic E-state index is 12.2. The lowest BCUT2D eigenvalue weighted by molar-refractivity contribution is 0.350. The normalized spacial score (nSPS) is 10.5. The fourth-order valence-corrected chi connectivity index (χ4v) is 2.87. The number of aliphatic hydroxyl groups is 1. The molecule has 0 radical (unpaired) electrons. The van der Waals surface area contributed by atoms with E-state index in [0.717, 1.165) is 16.8 Å². The molecule has 0 bridgehead atoms. The molecular weight excluding hydrogens is 312 g/mol. The minimum atomic E-state index is -0.335. The smallest absolute Gasteiger partial charge is 0.350 e. The summed E-state index contributed by atoms with van der Waals surface area (Å²) in [5, 5.41) is 13.4. The van der Waals surface area contributed by atoms with Gasteiger partial charge in [-0.2, -0.15) is 9.61 Å². The second kappa shape index (κ2) is 6.69. The van der Waals surface area contributed by atoms with Crippen LogP contribution in [-0.2, 0) is 0 Å². The lowest BCUT2D eigenvalue weighted by atomic mass is 10.1. The van der Waals surface area contributed by atoms with Crippen molar-refractivity contribution in [3.05, 3.63) is 46.5 Å². The van der Waals surface area contributed by atoms with Crippen molar-refractivity contribution in [2.75, 3.05) is 12.4 Å². The van der Waals surface area contributed by atoms with Crippen molar-refractivity contribution < 1.29 is 5.11 Å². The Morgan fingerprint density at radius 1 is 1.30 bits per heavy atom. The third-order valence-corrected chi connectivity index (χ3v) is 3.95. The Labute approximate surface area is 136 Å². The van der Waals surface area contributed by atoms with Crippen LogP contribution in [0.1, 0.15) is 5.69 Å². The van der Waals surface area contributed by atoms with E-state index in [4.69, 9.17) is 5.11 Å². The molecule has 0 saturated carbocycles. The lowest BCUT2D eigenvalue weighted by Crippen LogP contribution is -2.19. The molecule has 1 aromatic carbocycles. The highest BCUT2D eigenvalue weighted by Crippen LogP contribution is 2.26. The molecule has 0 amide bonds. The van der Waals surface area contributed by atoms with Crippen LogP contribution in [0.2, 0.25) is 0 Å². The van der Waals surface area contributed by atoms with Crippen LogP contribution in [0.3, 0.4) is 0 Å². The first-order chi connectivity index (χ1) is 11.2. The number of nitrogens with zero attached hydrogens (tertiary/aromatic N) is 3. The summed E-state index contributed by atoms with van der Waals surface area (Å²) in [4.78, 5) is 19.4. The first-order valence-electron chi connectivity index (χ1n) is 6.95. The van der Waals surface area contributed by atoms with Crippen LogP contribution in [0.15, 0.2) is 40.3 Å². The maximum absolute atomic E-state index is 12.2. The van der Waals surface area contributed by atoms with Gasteiger partial charge in [0.25, 0.3) is 0 Å². The summed E-state index contributed by atoms with van der Waals surface area (Å²) in [6, 6.07) is 9.74. The van der Waals surface area contributed by atoms with Gasteiger partial charge in [-0.05, 0) is 12.5 Å². The molecule has 0 aliphatic heterocycles. The Kier molecular flexibility index (Phi) is 4.46. The number of aromatic nitrogens is 4. The van der Waals surface area contributed by atoms with Crippen molar-refractivity contribution in [3.8, 4) is 23.0 Å². The summed E-state index contributed by atoms with van der Waals surface area (Å²) >= 11 is 1.31. The third-order valence-electron chi connectivity index (χ3n) is 3.20. The molecule has 0 unspecified atom stereocenters. The summed E-state index contributed by atoms with van der Waals surface area (Å²) in [6.07, 6.45) is 0. The van der Waals surface area contributed by atoms with E-state index < -0.39 is 0 Å². The Bertz CT molecular complexity index is 951. The van der Waals surface area contributed by atoms with E-state index >= 15 is 0 Å². The van der Waals surface area contributed by atoms with Crippen LogP contribution in [0.5, 0.6) is 0 Å². The van der Waals surface area contributed by atoms with Crippen LogP contribution < -0.4 is 5.69 Å². The molecule has 2 heterocycles. The van der Waals surface area contributed by atoms with E-state index in [-0.39, 0.29) is 12.3 Å². The number of fused-ring (bicyclic) bond motifs is 1. The number of aliphatic hydroxyl groups excluding tert-OH is 1. The van der Waals surface area contributed by atoms with Crippen LogP contribution >= 0.6 is 11.8 Å². The molecule has 23 heavy (non-hydrogen) atoms. The van der Waals surface area contributed by atoms with Gasteiger partial charge in [-0.25, -0.2) is 9.78 Å². The molecule has 3 rings (SSSR count). The summed E-state index contributed by atoms with van der Waals surface area (Å²) < 4.78 is 1.28. The first-order valence-corrected chi connectivity index (χ1v) is 7.93. The van der Waals surface area contributed by atoms with E-state index in [0.29, 0.717) is 16.6 Å². The zero-order valence-electron chi connectivity index (χ0n) is 12.4. The molecule has 0 aliphatic carbocycles. The molecule has 2 N–H and O–H groups in total. The molecule has 2 aromatic heterocycles. The molecule has 116 valence electrons. The van der Waals surface area contributed by atoms with Gasteiger partial charge in [-0.15, -0.1) is 0 Å². The molecule has 0 saturated heterocycles. The van der Waals surface area contributed by atoms with Crippen molar-refractivity contribution in [2.45, 2.75) is 12.1 Å². The number of aromatic amines is 1. The van der Waals surface area contributed by atoms with Gasteiger partial charge in [0.2, 0.25) is 0 Å². The number of aryl methyl sites for hydroxylation is 1. The molecular formula is C16H14N4O2S. The Hall–Kier alpha value is -2.56. The predicted molar refractivity (Wildman–Crippen MR) is 89.4 cm³/mol. The number of thioether (sulfide) groups is 1. The number of benzene rings is 1. The molecule has 0 fully saturated rings. The Morgan fingerprint density at radius 3 is 2.83 bits per heavy atom. The van der Waals surface area contributed by atoms with Crippen LogP contribution in [0.4, 0.5) is 0 Å². The van der Waals surface area contributed by atoms with Crippen LogP contribution in [0.25, 0.3) is 16.8 Å². The zero-order chi connectivity index (χ0) is 16.2. The standard InChI is InChI=1S/C16H14N4O2S/c1-11-13(12-7-3-2-4-8-12)14-17-15(23-10-6-5-9-21)18-16(22)20(14)19-11/h2-4,7-8,21H,9-10H2,1H3,(H,17,18,22). The van der Waals surface area contributed by atoms with Crippen LogP contribution in [0, 0.1) is 18.8 Å². The van der Waals surface area contributed by atoms with Gasteiger partial charge in [-0.1, -0.05) is 53.9 Å². The van der Waals surface area contributed by atoms with Crippen LogP contribution in [-0.4, -0.2) is 37.0 Å². The van der Waals surface area contributed by atoms with E-state index in [2.05, 4.69) is 26.9 Å². The average molecular weight is 326 g/mol. The molecule has 0 atom stereocenters. The van der Waals surface area contributed by atoms with Gasteiger partial charge in [0, 0.05) is 5.56 Å². The molecule has 0 spiro atoms. The van der Waals surface area contributed by atoms with Gasteiger partial charge < -0.3 is 5.11 Å². The van der Waals surface area contributed by atoms with Gasteiger partial charge in [0.15, 0.2) is 10.8 Å². The summed E-state index contributed by atoms with van der Waals surface area (Å²) in [5.74, 6) is 5.78. The van der Waals surface area contributed by atoms with E-state index in [9.17, 15) is 4.79 Å². The third kappa shape index (κ3) is 3.13. The number of hydrogen-bond acceptors (Lipinski definition) is 5. The quantitative estimate of drug-likeness (QED) is 0.563. The second-order valence-electron chi connectivity index (χ2n) is 4.71. The average Bonchev–Trinajstić information content (AvgIpc) is 2.89. The minimum Gasteiger partial charge on any atom is -0.384 e. The summed E-state index contributed by atoms with van der Waals surface area (Å²) in [6.45, 7) is 1.68. The van der Waals surface area contributed by atoms with Crippen molar-refractivity contribution in [1.29, 1.82) is 0 Å². The Morgan fingerprint density at radius 2 is 2.09 bits per heavy atom. The van der Waals surface area contributed by atoms with E-state index in [1.54, 1.807) is 0 Å². The fourth-order valence-electron chi connectivity index (χ4n) is 2.25. The van der Waals surface area contributed by atoms with Crippen molar-refractivity contribution >= 4 is 17.4 Å². The minimum absolute atomic E-state index is 0.177. The second-order valence-corrected chi connectivity index (χ2v) is 5.67. The number of nitrogens with one attached hydrogen (secondary N) is 1. The first kappa shape index (κ1) is 15.3. The van der Waals surface area contributed by atoms with Gasteiger partial charge in [0.1, 0.15) is 6.61 Å². The highest BCUT2D eigenvalue weighted by atomic mass is 32.2. The van der Waals surface area contributed by atoms with Crippen molar-refractivity contribution in [1.82, 2.24) is 19.6 Å².